The van der Waals surface area contributed by atoms with Crippen molar-refractivity contribution in [1.82, 2.24) is 20.0 Å². The summed E-state index contributed by atoms with van der Waals surface area (Å²) in [4.78, 5) is 14.4. The lowest BCUT2D eigenvalue weighted by Gasteiger charge is -2.33. The second-order valence-corrected chi connectivity index (χ2v) is 7.27. The Morgan fingerprint density at radius 2 is 2.20 bits per heavy atom. The quantitative estimate of drug-likeness (QED) is 0.770. The Labute approximate surface area is 149 Å². The standard InChI is InChI=1S/C18H29N5O2/c1-14(2)18(3,13-19)21-17(25)12-22-8-5-15(6-9-22)16-4-7-20-23(16)10-11-24/h4,7,14-15,24H,5-6,8-12H2,1-3H3,(H,21,25)/t18-/m0/s1. The summed E-state index contributed by atoms with van der Waals surface area (Å²) < 4.78 is 1.87. The second kappa shape index (κ2) is 8.45. The van der Waals surface area contributed by atoms with Crippen molar-refractivity contribution in [2.45, 2.75) is 51.6 Å². The Bertz CT molecular complexity index is 613. The van der Waals surface area contributed by atoms with Gasteiger partial charge in [0.1, 0.15) is 5.54 Å². The predicted molar refractivity (Wildman–Crippen MR) is 94.7 cm³/mol. The van der Waals surface area contributed by atoms with Crippen molar-refractivity contribution in [3.8, 4) is 6.07 Å². The van der Waals surface area contributed by atoms with Crippen LogP contribution in [0.5, 0.6) is 0 Å². The molecule has 1 aromatic rings. The molecule has 138 valence electrons. The summed E-state index contributed by atoms with van der Waals surface area (Å²) >= 11 is 0. The highest BCUT2D eigenvalue weighted by Gasteiger charge is 2.31. The molecule has 1 saturated heterocycles. The molecular weight excluding hydrogens is 318 g/mol. The number of aliphatic hydroxyl groups excluding tert-OH is 1. The van der Waals surface area contributed by atoms with Gasteiger partial charge >= 0.3 is 0 Å². The van der Waals surface area contributed by atoms with Crippen LogP contribution >= 0.6 is 0 Å². The van der Waals surface area contributed by atoms with Crippen LogP contribution in [-0.4, -0.2) is 57.5 Å². The molecule has 7 nitrogen and oxygen atoms in total. The predicted octanol–water partition coefficient (Wildman–Crippen LogP) is 1.11. The Morgan fingerprint density at radius 3 is 2.76 bits per heavy atom. The minimum Gasteiger partial charge on any atom is -0.394 e. The van der Waals surface area contributed by atoms with Crippen molar-refractivity contribution < 1.29 is 9.90 Å². The highest BCUT2D eigenvalue weighted by atomic mass is 16.3. The number of nitriles is 1. The molecule has 2 heterocycles. The molecule has 2 N–H and O–H groups in total. The number of piperidine rings is 1. The molecule has 0 radical (unpaired) electrons. The lowest BCUT2D eigenvalue weighted by Crippen LogP contribution is -2.52. The van der Waals surface area contributed by atoms with E-state index in [2.05, 4.69) is 21.4 Å². The molecule has 1 amide bonds. The third-order valence-corrected chi connectivity index (χ3v) is 5.22. The van der Waals surface area contributed by atoms with Gasteiger partial charge in [-0.2, -0.15) is 10.4 Å². The number of rotatable bonds is 7. The molecule has 1 aliphatic rings. The number of nitrogens with one attached hydrogen (secondary N) is 1. The van der Waals surface area contributed by atoms with E-state index >= 15 is 0 Å². The van der Waals surface area contributed by atoms with Crippen LogP contribution in [0.25, 0.3) is 0 Å². The number of aromatic nitrogens is 2. The van der Waals surface area contributed by atoms with Gasteiger partial charge in [-0.3, -0.25) is 14.4 Å². The summed E-state index contributed by atoms with van der Waals surface area (Å²) in [6, 6.07) is 4.23. The number of nitrogens with zero attached hydrogens (tertiary/aromatic N) is 4. The zero-order valence-electron chi connectivity index (χ0n) is 15.4. The van der Waals surface area contributed by atoms with E-state index in [0.717, 1.165) is 31.6 Å². The Morgan fingerprint density at radius 1 is 1.52 bits per heavy atom. The SMILES string of the molecule is CC(C)[C@](C)(C#N)NC(=O)CN1CCC(c2ccnn2CCO)CC1. The Hall–Kier alpha value is -1.91. The molecule has 1 fully saturated rings. The van der Waals surface area contributed by atoms with Crippen molar-refractivity contribution in [3.05, 3.63) is 18.0 Å². The highest BCUT2D eigenvalue weighted by molar-refractivity contribution is 5.79. The van der Waals surface area contributed by atoms with Crippen molar-refractivity contribution in [3.63, 3.8) is 0 Å². The lowest BCUT2D eigenvalue weighted by molar-refractivity contribution is -0.124. The molecule has 0 bridgehead atoms. The summed E-state index contributed by atoms with van der Waals surface area (Å²) in [7, 11) is 0. The van der Waals surface area contributed by atoms with Crippen molar-refractivity contribution >= 4 is 5.91 Å². The molecule has 7 heteroatoms. The molecule has 1 atom stereocenters. The molecule has 1 aromatic heterocycles. The number of carbonyl (C=O) groups excluding carboxylic acids is 1. The number of hydrogen-bond donors (Lipinski definition) is 2. The van der Waals surface area contributed by atoms with E-state index in [0.29, 0.717) is 19.0 Å². The van der Waals surface area contributed by atoms with Gasteiger partial charge in [-0.1, -0.05) is 13.8 Å². The van der Waals surface area contributed by atoms with E-state index in [1.54, 1.807) is 13.1 Å². The largest absolute Gasteiger partial charge is 0.394 e. The molecule has 2 rings (SSSR count). The summed E-state index contributed by atoms with van der Waals surface area (Å²) in [5.41, 5.74) is 0.335. The van der Waals surface area contributed by atoms with E-state index < -0.39 is 5.54 Å². The molecule has 25 heavy (non-hydrogen) atoms. The maximum absolute atomic E-state index is 12.3. The third-order valence-electron chi connectivity index (χ3n) is 5.22. The monoisotopic (exact) mass is 347 g/mol. The minimum atomic E-state index is -0.827. The van der Waals surface area contributed by atoms with Gasteiger partial charge in [0.2, 0.25) is 5.91 Å². The van der Waals surface area contributed by atoms with Crippen LogP contribution < -0.4 is 5.32 Å². The first-order chi connectivity index (χ1) is 11.9. The summed E-state index contributed by atoms with van der Waals surface area (Å²) in [5, 5.41) is 25.6. The topological polar surface area (TPSA) is 94.2 Å². The lowest BCUT2D eigenvalue weighted by atomic mass is 9.90. The minimum absolute atomic E-state index is 0.0546. The van der Waals surface area contributed by atoms with E-state index in [1.807, 2.05) is 24.6 Å². The molecule has 0 spiro atoms. The maximum Gasteiger partial charge on any atom is 0.235 e. The van der Waals surface area contributed by atoms with Gasteiger partial charge in [-0.15, -0.1) is 0 Å². The van der Waals surface area contributed by atoms with Crippen molar-refractivity contribution in [2.75, 3.05) is 26.2 Å². The molecular formula is C18H29N5O2. The molecule has 0 aliphatic carbocycles. The van der Waals surface area contributed by atoms with Crippen LogP contribution in [0.3, 0.4) is 0 Å². The molecule has 1 aliphatic heterocycles. The fourth-order valence-corrected chi connectivity index (χ4v) is 3.19. The van der Waals surface area contributed by atoms with Gasteiger partial charge in [0.25, 0.3) is 0 Å². The summed E-state index contributed by atoms with van der Waals surface area (Å²) in [6.45, 7) is 8.25. The fourth-order valence-electron chi connectivity index (χ4n) is 3.19. The van der Waals surface area contributed by atoms with Crippen molar-refractivity contribution in [1.29, 1.82) is 5.26 Å². The number of amides is 1. The molecule has 0 aromatic carbocycles. The number of aliphatic hydroxyl groups is 1. The van der Waals surface area contributed by atoms with Crippen molar-refractivity contribution in [2.24, 2.45) is 5.92 Å². The van der Waals surface area contributed by atoms with E-state index in [9.17, 15) is 10.1 Å². The van der Waals surface area contributed by atoms with Gasteiger partial charge in [-0.05, 0) is 44.8 Å². The normalized spacial score (nSPS) is 18.7. The van der Waals surface area contributed by atoms with Gasteiger partial charge in [-0.25, -0.2) is 0 Å². The second-order valence-electron chi connectivity index (χ2n) is 7.27. The maximum atomic E-state index is 12.3. The van der Waals surface area contributed by atoms with Crippen LogP contribution in [0, 0.1) is 17.2 Å². The zero-order valence-corrected chi connectivity index (χ0v) is 15.4. The summed E-state index contributed by atoms with van der Waals surface area (Å²) in [6.07, 6.45) is 3.70. The average Bonchev–Trinajstić information content (AvgIpc) is 3.03. The fraction of sp³-hybridized carbons (Fsp3) is 0.722. The van der Waals surface area contributed by atoms with Gasteiger partial charge < -0.3 is 10.4 Å². The number of carbonyl (C=O) groups is 1. The average molecular weight is 347 g/mol. The molecule has 0 saturated carbocycles. The van der Waals surface area contributed by atoms with Crippen LogP contribution in [-0.2, 0) is 11.3 Å². The Balaban J connectivity index is 1.85. The third kappa shape index (κ3) is 4.80. The van der Waals surface area contributed by atoms with Gasteiger partial charge in [0.05, 0.1) is 25.8 Å². The van der Waals surface area contributed by atoms with E-state index in [-0.39, 0.29) is 18.4 Å². The summed E-state index contributed by atoms with van der Waals surface area (Å²) in [5.74, 6) is 0.369. The Kier molecular flexibility index (Phi) is 6.57. The van der Waals surface area contributed by atoms with Crippen LogP contribution in [0.1, 0.15) is 45.2 Å². The first-order valence-electron chi connectivity index (χ1n) is 8.96. The molecule has 0 unspecified atom stereocenters. The van der Waals surface area contributed by atoms with E-state index in [1.165, 1.54) is 0 Å². The first kappa shape index (κ1) is 19.4. The number of likely N-dealkylation sites (tertiary alicyclic amines) is 1. The van der Waals surface area contributed by atoms with Crippen LogP contribution in [0.4, 0.5) is 0 Å². The van der Waals surface area contributed by atoms with Crippen LogP contribution in [0.2, 0.25) is 0 Å². The highest BCUT2D eigenvalue weighted by Crippen LogP contribution is 2.27. The van der Waals surface area contributed by atoms with Gasteiger partial charge in [0.15, 0.2) is 0 Å². The smallest absolute Gasteiger partial charge is 0.235 e. The van der Waals surface area contributed by atoms with Crippen LogP contribution in [0.15, 0.2) is 12.3 Å². The first-order valence-corrected chi connectivity index (χ1v) is 8.96. The van der Waals surface area contributed by atoms with E-state index in [4.69, 9.17) is 5.11 Å². The van der Waals surface area contributed by atoms with Gasteiger partial charge in [0, 0.05) is 17.8 Å². The number of hydrogen-bond acceptors (Lipinski definition) is 5. The zero-order chi connectivity index (χ0) is 18.4.